The van der Waals surface area contributed by atoms with Gasteiger partial charge in [0, 0.05) is 61.8 Å². The molecule has 1 amide bonds. The number of pyridine rings is 1. The summed E-state index contributed by atoms with van der Waals surface area (Å²) in [6.45, 7) is 10.4. The fraction of sp³-hybridized carbons (Fsp3) is 0.379. The Labute approximate surface area is 228 Å². The number of primary amides is 1. The number of aryl methyl sites for hydroxylation is 1. The Hall–Kier alpha value is -3.17. The topological polar surface area (TPSA) is 105 Å². The molecule has 1 aromatic carbocycles. The number of carbonyl (C=O) groups excluding carboxylic acids is 1. The summed E-state index contributed by atoms with van der Waals surface area (Å²) in [5, 5.41) is 11.4. The first-order valence-corrected chi connectivity index (χ1v) is 13.2. The molecule has 2 aromatic heterocycles. The number of allylic oxidation sites excluding steroid dienone is 1. The summed E-state index contributed by atoms with van der Waals surface area (Å²) < 4.78 is 11.8. The van der Waals surface area contributed by atoms with Crippen LogP contribution in [0.1, 0.15) is 24.2 Å². The highest BCUT2D eigenvalue weighted by atomic mass is 35.5. The van der Waals surface area contributed by atoms with E-state index in [-0.39, 0.29) is 12.8 Å². The highest BCUT2D eigenvalue weighted by Gasteiger charge is 2.25. The first-order chi connectivity index (χ1) is 18.3. The van der Waals surface area contributed by atoms with Gasteiger partial charge in [0.2, 0.25) is 5.91 Å². The second-order valence-electron chi connectivity index (χ2n) is 9.82. The molecule has 38 heavy (non-hydrogen) atoms. The molecule has 2 atom stereocenters. The van der Waals surface area contributed by atoms with Crippen molar-refractivity contribution in [3.05, 3.63) is 83.5 Å². The van der Waals surface area contributed by atoms with Crippen molar-refractivity contribution in [1.29, 1.82) is 0 Å². The monoisotopic (exact) mass is 538 g/mol. The SMILES string of the molecule is C=C(C[C@H](C[C@H](O)CN1CCN(Cc2ccc(-c3ccc(Cl)cc3)o2)CC1)C(N)=O)Oc1cnccc1C. The molecule has 3 N–H and O–H groups in total. The minimum Gasteiger partial charge on any atom is -0.460 e. The fourth-order valence-corrected chi connectivity index (χ4v) is 4.74. The van der Waals surface area contributed by atoms with E-state index in [4.69, 9.17) is 26.5 Å². The van der Waals surface area contributed by atoms with Gasteiger partial charge in [-0.25, -0.2) is 0 Å². The first kappa shape index (κ1) is 27.9. The molecule has 0 saturated carbocycles. The van der Waals surface area contributed by atoms with E-state index in [0.29, 0.717) is 23.1 Å². The molecule has 9 heteroatoms. The molecular weight excluding hydrogens is 504 g/mol. The minimum atomic E-state index is -0.681. The Kier molecular flexibility index (Phi) is 9.58. The molecule has 3 aromatic rings. The van der Waals surface area contributed by atoms with Crippen LogP contribution < -0.4 is 10.5 Å². The summed E-state index contributed by atoms with van der Waals surface area (Å²) in [6.07, 6.45) is 3.11. The van der Waals surface area contributed by atoms with Gasteiger partial charge >= 0.3 is 0 Å². The number of piperazine rings is 1. The van der Waals surface area contributed by atoms with E-state index in [9.17, 15) is 9.90 Å². The van der Waals surface area contributed by atoms with Crippen LogP contribution in [0.2, 0.25) is 5.02 Å². The number of benzene rings is 1. The van der Waals surface area contributed by atoms with Gasteiger partial charge in [0.05, 0.1) is 24.6 Å². The van der Waals surface area contributed by atoms with Gasteiger partial charge in [-0.3, -0.25) is 19.6 Å². The van der Waals surface area contributed by atoms with Gasteiger partial charge in [0.15, 0.2) is 0 Å². The molecule has 1 saturated heterocycles. The molecule has 0 spiro atoms. The first-order valence-electron chi connectivity index (χ1n) is 12.8. The van der Waals surface area contributed by atoms with Gasteiger partial charge in [-0.2, -0.15) is 0 Å². The zero-order chi connectivity index (χ0) is 27.1. The van der Waals surface area contributed by atoms with Crippen LogP contribution in [0.3, 0.4) is 0 Å². The van der Waals surface area contributed by atoms with Crippen LogP contribution >= 0.6 is 11.6 Å². The summed E-state index contributed by atoms with van der Waals surface area (Å²) >= 11 is 5.98. The fourth-order valence-electron chi connectivity index (χ4n) is 4.61. The normalized spacial score (nSPS) is 16.2. The van der Waals surface area contributed by atoms with Crippen molar-refractivity contribution in [3.63, 3.8) is 0 Å². The van der Waals surface area contributed by atoms with Crippen molar-refractivity contribution in [2.75, 3.05) is 32.7 Å². The Balaban J connectivity index is 1.21. The van der Waals surface area contributed by atoms with E-state index in [0.717, 1.165) is 55.4 Å². The third-order valence-corrected chi connectivity index (χ3v) is 7.03. The van der Waals surface area contributed by atoms with Crippen molar-refractivity contribution in [2.45, 2.75) is 32.4 Å². The molecule has 202 valence electrons. The lowest BCUT2D eigenvalue weighted by Crippen LogP contribution is -2.48. The number of furan rings is 1. The number of rotatable bonds is 12. The maximum Gasteiger partial charge on any atom is 0.221 e. The van der Waals surface area contributed by atoms with Gasteiger partial charge in [0.25, 0.3) is 0 Å². The van der Waals surface area contributed by atoms with Gasteiger partial charge in [-0.15, -0.1) is 0 Å². The number of halogens is 1. The molecule has 0 unspecified atom stereocenters. The number of carbonyl (C=O) groups is 1. The Morgan fingerprint density at radius 3 is 2.55 bits per heavy atom. The van der Waals surface area contributed by atoms with Crippen LogP contribution in [0.15, 0.2) is 71.6 Å². The number of hydrogen-bond acceptors (Lipinski definition) is 7. The number of β-amino-alcohol motifs (C(OH)–C–C–N with tert-alkyl or cyclic N) is 1. The van der Waals surface area contributed by atoms with Crippen molar-refractivity contribution in [3.8, 4) is 17.1 Å². The third kappa shape index (κ3) is 7.91. The largest absolute Gasteiger partial charge is 0.460 e. The van der Waals surface area contributed by atoms with E-state index in [1.807, 2.05) is 49.4 Å². The highest BCUT2D eigenvalue weighted by molar-refractivity contribution is 6.30. The van der Waals surface area contributed by atoms with Gasteiger partial charge in [0.1, 0.15) is 17.3 Å². The van der Waals surface area contributed by atoms with Crippen LogP contribution in [-0.2, 0) is 11.3 Å². The van der Waals surface area contributed by atoms with Crippen molar-refractivity contribution < 1.29 is 19.1 Å². The smallest absolute Gasteiger partial charge is 0.221 e. The zero-order valence-corrected chi connectivity index (χ0v) is 22.4. The van der Waals surface area contributed by atoms with E-state index in [2.05, 4.69) is 21.4 Å². The lowest BCUT2D eigenvalue weighted by atomic mass is 9.96. The number of ether oxygens (including phenoxy) is 1. The molecule has 0 radical (unpaired) electrons. The van der Waals surface area contributed by atoms with Crippen LogP contribution in [-0.4, -0.2) is 64.6 Å². The molecule has 0 aliphatic carbocycles. The Morgan fingerprint density at radius 2 is 1.87 bits per heavy atom. The molecule has 1 fully saturated rings. The van der Waals surface area contributed by atoms with E-state index in [1.165, 1.54) is 0 Å². The summed E-state index contributed by atoms with van der Waals surface area (Å²) in [5.74, 6) is 1.71. The second-order valence-corrected chi connectivity index (χ2v) is 10.3. The summed E-state index contributed by atoms with van der Waals surface area (Å²) in [6, 6.07) is 13.4. The predicted octanol–water partition coefficient (Wildman–Crippen LogP) is 4.26. The molecule has 4 rings (SSSR count). The van der Waals surface area contributed by atoms with Crippen LogP contribution in [0.25, 0.3) is 11.3 Å². The van der Waals surface area contributed by atoms with Gasteiger partial charge < -0.3 is 20.0 Å². The van der Waals surface area contributed by atoms with Crippen molar-refractivity contribution in [1.82, 2.24) is 14.8 Å². The van der Waals surface area contributed by atoms with Crippen molar-refractivity contribution >= 4 is 17.5 Å². The second kappa shape index (κ2) is 13.1. The highest BCUT2D eigenvalue weighted by Crippen LogP contribution is 2.25. The predicted molar refractivity (Wildman–Crippen MR) is 148 cm³/mol. The van der Waals surface area contributed by atoms with Crippen LogP contribution in [0.5, 0.6) is 5.75 Å². The van der Waals surface area contributed by atoms with Gasteiger partial charge in [-0.05, 0) is 61.4 Å². The quantitative estimate of drug-likeness (QED) is 0.332. The minimum absolute atomic E-state index is 0.246. The number of aromatic nitrogens is 1. The van der Waals surface area contributed by atoms with Crippen LogP contribution in [0, 0.1) is 12.8 Å². The number of amides is 1. The number of nitrogens with zero attached hydrogens (tertiary/aromatic N) is 3. The van der Waals surface area contributed by atoms with Crippen molar-refractivity contribution in [2.24, 2.45) is 11.7 Å². The Morgan fingerprint density at radius 1 is 1.16 bits per heavy atom. The maximum atomic E-state index is 12.1. The summed E-state index contributed by atoms with van der Waals surface area (Å²) in [4.78, 5) is 20.7. The average Bonchev–Trinajstić information content (AvgIpc) is 3.35. The summed E-state index contributed by atoms with van der Waals surface area (Å²) in [5.41, 5.74) is 7.55. The average molecular weight is 539 g/mol. The van der Waals surface area contributed by atoms with E-state index in [1.54, 1.807) is 12.4 Å². The standard InChI is InChI=1S/C29H35ClN4O4/c1-20-9-10-32-17-28(20)37-21(2)15-23(29(31)36)16-25(35)18-33-11-13-34(14-12-33)19-26-7-8-27(38-26)22-3-5-24(30)6-4-22/h3-10,17,23,25,35H,2,11-16,18-19H2,1H3,(H2,31,36)/t23-,25+/m1/s1. The summed E-state index contributed by atoms with van der Waals surface area (Å²) in [7, 11) is 0. The molecular formula is C29H35ClN4O4. The lowest BCUT2D eigenvalue weighted by Gasteiger charge is -2.35. The van der Waals surface area contributed by atoms with E-state index >= 15 is 0 Å². The molecule has 3 heterocycles. The molecule has 1 aliphatic rings. The molecule has 8 nitrogen and oxygen atoms in total. The zero-order valence-electron chi connectivity index (χ0n) is 21.7. The molecule has 0 bridgehead atoms. The van der Waals surface area contributed by atoms with Gasteiger partial charge in [-0.1, -0.05) is 18.2 Å². The number of aliphatic hydroxyl groups excluding tert-OH is 1. The number of nitrogens with two attached hydrogens (primary N) is 1. The number of hydrogen-bond donors (Lipinski definition) is 2. The lowest BCUT2D eigenvalue weighted by molar-refractivity contribution is -0.123. The Bertz CT molecular complexity index is 1220. The van der Waals surface area contributed by atoms with E-state index < -0.39 is 17.9 Å². The maximum absolute atomic E-state index is 12.1. The third-order valence-electron chi connectivity index (χ3n) is 6.78. The van der Waals surface area contributed by atoms with Crippen LogP contribution in [0.4, 0.5) is 0 Å². The molecule has 1 aliphatic heterocycles. The number of aliphatic hydroxyl groups is 1.